The van der Waals surface area contributed by atoms with Gasteiger partial charge in [-0.05, 0) is 24.3 Å². The lowest BCUT2D eigenvalue weighted by Crippen LogP contribution is -2.35. The molecule has 0 spiro atoms. The Morgan fingerprint density at radius 1 is 0.789 bits per heavy atom. The van der Waals surface area contributed by atoms with Gasteiger partial charge in [-0.1, -0.05) is 36.4 Å². The minimum absolute atomic E-state index is 0.179. The number of rotatable bonds is 3. The van der Waals surface area contributed by atoms with Crippen molar-refractivity contribution in [2.75, 3.05) is 6.00 Å². The molecule has 0 fully saturated rings. The molecule has 0 aromatic heterocycles. The molecule has 0 radical (unpaired) electrons. The SMILES string of the molecule is O=C(c1ccccc1)N(CCl)C(=O)c1ccccc1. The second kappa shape index (κ2) is 6.16. The van der Waals surface area contributed by atoms with E-state index in [0.717, 1.165) is 4.90 Å². The molecule has 0 bridgehead atoms. The summed E-state index contributed by atoms with van der Waals surface area (Å²) in [6, 6.07) is 17.0. The molecule has 0 unspecified atom stereocenters. The molecule has 0 aliphatic rings. The number of carbonyl (C=O) groups is 2. The molecule has 0 heterocycles. The predicted octanol–water partition coefficient (Wildman–Crippen LogP) is 3.17. The minimum Gasteiger partial charge on any atom is -0.269 e. The van der Waals surface area contributed by atoms with Crippen LogP contribution in [0.4, 0.5) is 0 Å². The first-order valence-electron chi connectivity index (χ1n) is 5.76. The number of hydrogen-bond donors (Lipinski definition) is 0. The van der Waals surface area contributed by atoms with E-state index in [9.17, 15) is 9.59 Å². The fourth-order valence-electron chi connectivity index (χ4n) is 1.67. The van der Waals surface area contributed by atoms with Crippen molar-refractivity contribution >= 4 is 23.4 Å². The topological polar surface area (TPSA) is 37.4 Å². The summed E-state index contributed by atoms with van der Waals surface area (Å²) >= 11 is 5.74. The van der Waals surface area contributed by atoms with Crippen LogP contribution >= 0.6 is 11.6 Å². The highest BCUT2D eigenvalue weighted by Crippen LogP contribution is 2.11. The van der Waals surface area contributed by atoms with E-state index in [4.69, 9.17) is 11.6 Å². The van der Waals surface area contributed by atoms with Crippen molar-refractivity contribution in [1.29, 1.82) is 0 Å². The van der Waals surface area contributed by atoms with Gasteiger partial charge in [-0.3, -0.25) is 14.5 Å². The van der Waals surface area contributed by atoms with Gasteiger partial charge in [-0.2, -0.15) is 0 Å². The molecule has 0 saturated carbocycles. The molecule has 2 rings (SSSR count). The van der Waals surface area contributed by atoms with Crippen molar-refractivity contribution in [2.24, 2.45) is 0 Å². The van der Waals surface area contributed by atoms with Crippen LogP contribution in [0.25, 0.3) is 0 Å². The Morgan fingerprint density at radius 3 is 1.47 bits per heavy atom. The van der Waals surface area contributed by atoms with Gasteiger partial charge >= 0.3 is 0 Å². The quantitative estimate of drug-likeness (QED) is 0.489. The number of imide groups is 1. The van der Waals surface area contributed by atoms with Gasteiger partial charge in [0.25, 0.3) is 11.8 Å². The number of carbonyl (C=O) groups excluding carboxylic acids is 2. The van der Waals surface area contributed by atoms with Crippen molar-refractivity contribution in [3.63, 3.8) is 0 Å². The molecule has 4 heteroatoms. The van der Waals surface area contributed by atoms with Crippen molar-refractivity contribution in [3.8, 4) is 0 Å². The van der Waals surface area contributed by atoms with E-state index < -0.39 is 11.8 Å². The van der Waals surface area contributed by atoms with Crippen molar-refractivity contribution in [2.45, 2.75) is 0 Å². The highest BCUT2D eigenvalue weighted by Gasteiger charge is 2.22. The van der Waals surface area contributed by atoms with Gasteiger partial charge in [0.1, 0.15) is 6.00 Å². The van der Waals surface area contributed by atoms with E-state index in [0.29, 0.717) is 11.1 Å². The molecule has 0 atom stereocenters. The lowest BCUT2D eigenvalue weighted by Gasteiger charge is -2.17. The third-order valence-electron chi connectivity index (χ3n) is 2.65. The highest BCUT2D eigenvalue weighted by molar-refractivity contribution is 6.22. The standard InChI is InChI=1S/C15H12ClNO2/c16-11-17(14(18)12-7-3-1-4-8-12)15(19)13-9-5-2-6-10-13/h1-10H,11H2. The molecule has 0 N–H and O–H groups in total. The van der Waals surface area contributed by atoms with Crippen LogP contribution in [0.1, 0.15) is 20.7 Å². The van der Waals surface area contributed by atoms with Crippen LogP contribution in [0.2, 0.25) is 0 Å². The molecule has 96 valence electrons. The summed E-state index contributed by atoms with van der Waals surface area (Å²) in [5, 5.41) is 0. The maximum absolute atomic E-state index is 12.2. The summed E-state index contributed by atoms with van der Waals surface area (Å²) in [4.78, 5) is 25.4. The van der Waals surface area contributed by atoms with E-state index in [2.05, 4.69) is 0 Å². The first-order chi connectivity index (χ1) is 9.24. The lowest BCUT2D eigenvalue weighted by molar-refractivity contribution is 0.0644. The Bertz CT molecular complexity index is 518. The molecule has 2 aromatic carbocycles. The summed E-state index contributed by atoms with van der Waals surface area (Å²) in [6.07, 6.45) is 0. The Hall–Kier alpha value is -2.13. The van der Waals surface area contributed by atoms with Crippen LogP contribution in [-0.2, 0) is 0 Å². The normalized spacial score (nSPS) is 9.95. The Labute approximate surface area is 116 Å². The first-order valence-corrected chi connectivity index (χ1v) is 6.29. The Kier molecular flexibility index (Phi) is 4.31. The zero-order chi connectivity index (χ0) is 13.7. The summed E-state index contributed by atoms with van der Waals surface area (Å²) in [5.41, 5.74) is 0.875. The molecule has 2 amide bonds. The molecule has 3 nitrogen and oxygen atoms in total. The molecular formula is C15H12ClNO2. The van der Waals surface area contributed by atoms with Crippen LogP contribution in [0, 0.1) is 0 Å². The number of halogens is 1. The van der Waals surface area contributed by atoms with Gasteiger partial charge in [0.2, 0.25) is 0 Å². The van der Waals surface area contributed by atoms with E-state index in [1.165, 1.54) is 0 Å². The molecule has 0 aliphatic heterocycles. The largest absolute Gasteiger partial charge is 0.269 e. The number of benzene rings is 2. The van der Waals surface area contributed by atoms with Gasteiger partial charge < -0.3 is 0 Å². The van der Waals surface area contributed by atoms with E-state index in [1.54, 1.807) is 60.7 Å². The van der Waals surface area contributed by atoms with Crippen LogP contribution in [0.5, 0.6) is 0 Å². The monoisotopic (exact) mass is 273 g/mol. The Morgan fingerprint density at radius 2 is 1.16 bits per heavy atom. The van der Waals surface area contributed by atoms with Gasteiger partial charge in [0.05, 0.1) is 0 Å². The maximum atomic E-state index is 12.2. The molecule has 19 heavy (non-hydrogen) atoms. The van der Waals surface area contributed by atoms with Crippen LogP contribution in [0.3, 0.4) is 0 Å². The maximum Gasteiger partial charge on any atom is 0.261 e. The number of amides is 2. The molecule has 0 aliphatic carbocycles. The van der Waals surface area contributed by atoms with E-state index in [1.807, 2.05) is 0 Å². The summed E-state index contributed by atoms with van der Waals surface area (Å²) in [5.74, 6) is -0.797. The lowest BCUT2D eigenvalue weighted by atomic mass is 10.1. The molecule has 0 saturated heterocycles. The Balaban J connectivity index is 2.26. The zero-order valence-electron chi connectivity index (χ0n) is 10.1. The first kappa shape index (κ1) is 13.3. The molecule has 2 aromatic rings. The highest BCUT2D eigenvalue weighted by atomic mass is 35.5. The van der Waals surface area contributed by atoms with Gasteiger partial charge in [0.15, 0.2) is 0 Å². The fourth-order valence-corrected chi connectivity index (χ4v) is 1.89. The van der Waals surface area contributed by atoms with Gasteiger partial charge in [-0.15, -0.1) is 11.6 Å². The van der Waals surface area contributed by atoms with Crippen molar-refractivity contribution < 1.29 is 9.59 Å². The number of hydrogen-bond acceptors (Lipinski definition) is 2. The van der Waals surface area contributed by atoms with Crippen LogP contribution < -0.4 is 0 Å². The van der Waals surface area contributed by atoms with Crippen molar-refractivity contribution in [3.05, 3.63) is 71.8 Å². The average molecular weight is 274 g/mol. The van der Waals surface area contributed by atoms with Crippen LogP contribution in [0.15, 0.2) is 60.7 Å². The van der Waals surface area contributed by atoms with Gasteiger partial charge in [0, 0.05) is 11.1 Å². The number of nitrogens with zero attached hydrogens (tertiary/aromatic N) is 1. The van der Waals surface area contributed by atoms with E-state index in [-0.39, 0.29) is 6.00 Å². The van der Waals surface area contributed by atoms with E-state index >= 15 is 0 Å². The summed E-state index contributed by atoms with van der Waals surface area (Å²) in [7, 11) is 0. The number of alkyl halides is 1. The summed E-state index contributed by atoms with van der Waals surface area (Å²) < 4.78 is 0. The third kappa shape index (κ3) is 3.01. The average Bonchev–Trinajstić information content (AvgIpc) is 2.49. The zero-order valence-corrected chi connectivity index (χ0v) is 10.9. The van der Waals surface area contributed by atoms with Gasteiger partial charge in [-0.25, -0.2) is 0 Å². The smallest absolute Gasteiger partial charge is 0.261 e. The second-order valence-corrected chi connectivity index (χ2v) is 4.13. The third-order valence-corrected chi connectivity index (χ3v) is 2.89. The predicted molar refractivity (Wildman–Crippen MR) is 74.1 cm³/mol. The van der Waals surface area contributed by atoms with Crippen LogP contribution in [-0.4, -0.2) is 22.7 Å². The second-order valence-electron chi connectivity index (χ2n) is 3.89. The minimum atomic E-state index is -0.399. The summed E-state index contributed by atoms with van der Waals surface area (Å²) in [6.45, 7) is 0. The van der Waals surface area contributed by atoms with Crippen molar-refractivity contribution in [1.82, 2.24) is 4.90 Å². The molecular weight excluding hydrogens is 262 g/mol. The fraction of sp³-hybridized carbons (Fsp3) is 0.0667.